The van der Waals surface area contributed by atoms with E-state index in [1.54, 1.807) is 42.5 Å². The Balaban J connectivity index is 1.67. The molecule has 4 rings (SSSR count). The number of rotatable bonds is 5. The van der Waals surface area contributed by atoms with Gasteiger partial charge in [0, 0.05) is 18.3 Å². The average Bonchev–Trinajstić information content (AvgIpc) is 2.74. The van der Waals surface area contributed by atoms with Gasteiger partial charge in [-0.05, 0) is 30.2 Å². The molecule has 0 fully saturated rings. The predicted octanol–water partition coefficient (Wildman–Crippen LogP) is 2.23. The molecule has 8 nitrogen and oxygen atoms in total. The fourth-order valence-electron chi connectivity index (χ4n) is 3.52. The van der Waals surface area contributed by atoms with Gasteiger partial charge in [0.05, 0.1) is 10.9 Å². The quantitative estimate of drug-likeness (QED) is 0.698. The summed E-state index contributed by atoms with van der Waals surface area (Å²) in [4.78, 5) is 38.5. The fraction of sp³-hybridized carbons (Fsp3) is 0.318. The lowest BCUT2D eigenvalue weighted by molar-refractivity contribution is -0.116. The summed E-state index contributed by atoms with van der Waals surface area (Å²) in [5.74, 6) is 0.916. The molecule has 156 valence electrons. The van der Waals surface area contributed by atoms with Crippen LogP contribution in [0.1, 0.15) is 13.8 Å². The predicted molar refractivity (Wildman–Crippen MR) is 113 cm³/mol. The van der Waals surface area contributed by atoms with Crippen molar-refractivity contribution in [3.05, 3.63) is 63.3 Å². The molecular formula is C22H23N3O5. The maximum Gasteiger partial charge on any atom is 0.331 e. The maximum absolute atomic E-state index is 13.0. The molecule has 1 aromatic heterocycles. The van der Waals surface area contributed by atoms with Crippen molar-refractivity contribution in [2.45, 2.75) is 26.9 Å². The van der Waals surface area contributed by atoms with Crippen molar-refractivity contribution in [2.75, 3.05) is 18.5 Å². The Kier molecular flexibility index (Phi) is 5.31. The fourth-order valence-corrected chi connectivity index (χ4v) is 3.52. The molecule has 0 unspecified atom stereocenters. The van der Waals surface area contributed by atoms with Crippen LogP contribution in [0.3, 0.4) is 0 Å². The first-order valence-electron chi connectivity index (χ1n) is 9.86. The van der Waals surface area contributed by atoms with Gasteiger partial charge in [-0.2, -0.15) is 0 Å². The van der Waals surface area contributed by atoms with E-state index in [2.05, 4.69) is 5.32 Å². The van der Waals surface area contributed by atoms with E-state index in [0.29, 0.717) is 41.3 Å². The van der Waals surface area contributed by atoms with E-state index in [1.165, 1.54) is 9.13 Å². The highest BCUT2D eigenvalue weighted by molar-refractivity contribution is 5.92. The van der Waals surface area contributed by atoms with E-state index in [-0.39, 0.29) is 30.5 Å². The third-order valence-corrected chi connectivity index (χ3v) is 4.81. The monoisotopic (exact) mass is 409 g/mol. The minimum atomic E-state index is -0.496. The second kappa shape index (κ2) is 8.06. The Labute approximate surface area is 172 Å². The third-order valence-electron chi connectivity index (χ3n) is 4.81. The molecule has 0 saturated heterocycles. The minimum absolute atomic E-state index is 0.108. The summed E-state index contributed by atoms with van der Waals surface area (Å²) in [5.41, 5.74) is 0.138. The molecule has 0 radical (unpaired) electrons. The lowest BCUT2D eigenvalue weighted by Gasteiger charge is -2.19. The molecule has 0 saturated carbocycles. The van der Waals surface area contributed by atoms with Crippen LogP contribution in [0.4, 0.5) is 5.69 Å². The van der Waals surface area contributed by atoms with E-state index in [9.17, 15) is 14.4 Å². The number of hydrogen-bond donors (Lipinski definition) is 1. The smallest absolute Gasteiger partial charge is 0.331 e. The van der Waals surface area contributed by atoms with Crippen LogP contribution in [0.15, 0.2) is 52.1 Å². The van der Waals surface area contributed by atoms with Crippen LogP contribution in [-0.2, 0) is 17.9 Å². The van der Waals surface area contributed by atoms with Gasteiger partial charge in [-0.1, -0.05) is 26.0 Å². The summed E-state index contributed by atoms with van der Waals surface area (Å²) in [7, 11) is 0. The first-order chi connectivity index (χ1) is 14.4. The zero-order chi connectivity index (χ0) is 21.3. The third kappa shape index (κ3) is 3.80. The van der Waals surface area contributed by atoms with E-state index in [0.717, 1.165) is 0 Å². The summed E-state index contributed by atoms with van der Waals surface area (Å²) in [6.07, 6.45) is 0. The number of carbonyl (C=O) groups excluding carboxylic acids is 1. The van der Waals surface area contributed by atoms with E-state index in [4.69, 9.17) is 9.47 Å². The van der Waals surface area contributed by atoms with Crippen molar-refractivity contribution < 1.29 is 14.3 Å². The topological polar surface area (TPSA) is 91.6 Å². The van der Waals surface area contributed by atoms with Crippen molar-refractivity contribution in [2.24, 2.45) is 5.92 Å². The molecule has 0 atom stereocenters. The Morgan fingerprint density at radius 1 is 1.03 bits per heavy atom. The first-order valence-corrected chi connectivity index (χ1v) is 9.86. The van der Waals surface area contributed by atoms with Crippen LogP contribution in [0.2, 0.25) is 0 Å². The van der Waals surface area contributed by atoms with Gasteiger partial charge in [-0.25, -0.2) is 4.79 Å². The van der Waals surface area contributed by atoms with Gasteiger partial charge in [0.25, 0.3) is 5.56 Å². The number of benzene rings is 2. The van der Waals surface area contributed by atoms with Crippen molar-refractivity contribution in [1.82, 2.24) is 9.13 Å². The molecule has 30 heavy (non-hydrogen) atoms. The largest absolute Gasteiger partial charge is 0.486 e. The van der Waals surface area contributed by atoms with Crippen molar-refractivity contribution >= 4 is 22.5 Å². The first kappa shape index (κ1) is 19.8. The SMILES string of the molecule is CC(C)Cn1c(=O)c2ccccc2n(CC(=O)Nc2ccc3c(c2)OCCO3)c1=O. The molecule has 3 aromatic rings. The molecule has 8 heteroatoms. The number of fused-ring (bicyclic) bond motifs is 2. The van der Waals surface area contributed by atoms with Crippen molar-refractivity contribution in [3.63, 3.8) is 0 Å². The zero-order valence-corrected chi connectivity index (χ0v) is 16.9. The van der Waals surface area contributed by atoms with E-state index in [1.807, 2.05) is 13.8 Å². The standard InChI is InChI=1S/C22H23N3O5/c1-14(2)12-25-21(27)16-5-3-4-6-17(16)24(22(25)28)13-20(26)23-15-7-8-18-19(11-15)30-10-9-29-18/h3-8,11,14H,9-10,12-13H2,1-2H3,(H,23,26). The molecule has 1 aliphatic heterocycles. The highest BCUT2D eigenvalue weighted by Crippen LogP contribution is 2.32. The molecule has 1 N–H and O–H groups in total. The summed E-state index contributed by atoms with van der Waals surface area (Å²) in [6, 6.07) is 12.0. The van der Waals surface area contributed by atoms with E-state index >= 15 is 0 Å². The van der Waals surface area contributed by atoms with E-state index < -0.39 is 5.69 Å². The molecular weight excluding hydrogens is 386 g/mol. The van der Waals surface area contributed by atoms with Crippen molar-refractivity contribution in [3.8, 4) is 11.5 Å². The number of para-hydroxylation sites is 1. The van der Waals surface area contributed by atoms with Gasteiger partial charge in [0.2, 0.25) is 5.91 Å². The highest BCUT2D eigenvalue weighted by atomic mass is 16.6. The van der Waals surface area contributed by atoms with Crippen molar-refractivity contribution in [1.29, 1.82) is 0 Å². The number of ether oxygens (including phenoxy) is 2. The summed E-state index contributed by atoms with van der Waals surface area (Å²) < 4.78 is 13.6. The second-order valence-corrected chi connectivity index (χ2v) is 7.60. The van der Waals surface area contributed by atoms with Crippen LogP contribution in [0, 0.1) is 5.92 Å². The van der Waals surface area contributed by atoms with Crippen LogP contribution < -0.4 is 26.0 Å². The van der Waals surface area contributed by atoms with Crippen LogP contribution in [0.25, 0.3) is 10.9 Å². The van der Waals surface area contributed by atoms with Crippen LogP contribution in [0.5, 0.6) is 11.5 Å². The second-order valence-electron chi connectivity index (χ2n) is 7.60. The molecule has 2 heterocycles. The molecule has 2 aromatic carbocycles. The normalized spacial score (nSPS) is 12.9. The Hall–Kier alpha value is -3.55. The number of anilines is 1. The number of aromatic nitrogens is 2. The number of amides is 1. The molecule has 0 spiro atoms. The van der Waals surface area contributed by atoms with Crippen LogP contribution in [-0.4, -0.2) is 28.3 Å². The lowest BCUT2D eigenvalue weighted by Crippen LogP contribution is -2.42. The minimum Gasteiger partial charge on any atom is -0.486 e. The van der Waals surface area contributed by atoms with Gasteiger partial charge in [0.15, 0.2) is 11.5 Å². The van der Waals surface area contributed by atoms with Gasteiger partial charge in [-0.15, -0.1) is 0 Å². The highest BCUT2D eigenvalue weighted by Gasteiger charge is 2.17. The maximum atomic E-state index is 13.0. The Bertz CT molecular complexity index is 1230. The number of hydrogen-bond acceptors (Lipinski definition) is 5. The number of carbonyl (C=O) groups is 1. The van der Waals surface area contributed by atoms with Gasteiger partial charge in [-0.3, -0.25) is 18.7 Å². The Morgan fingerprint density at radius 2 is 1.77 bits per heavy atom. The Morgan fingerprint density at radius 3 is 2.53 bits per heavy atom. The zero-order valence-electron chi connectivity index (χ0n) is 16.9. The summed E-state index contributed by atoms with van der Waals surface area (Å²) >= 11 is 0. The molecule has 0 aliphatic carbocycles. The average molecular weight is 409 g/mol. The van der Waals surface area contributed by atoms with Gasteiger partial charge < -0.3 is 14.8 Å². The van der Waals surface area contributed by atoms with Gasteiger partial charge >= 0.3 is 5.69 Å². The number of nitrogens with zero attached hydrogens (tertiary/aromatic N) is 2. The van der Waals surface area contributed by atoms with Crippen LogP contribution >= 0.6 is 0 Å². The molecule has 1 aliphatic rings. The van der Waals surface area contributed by atoms with Gasteiger partial charge in [0.1, 0.15) is 19.8 Å². The lowest BCUT2D eigenvalue weighted by atomic mass is 10.2. The summed E-state index contributed by atoms with van der Waals surface area (Å²) in [6.45, 7) is 4.86. The summed E-state index contributed by atoms with van der Waals surface area (Å²) in [5, 5.41) is 3.19. The molecule has 1 amide bonds. The molecule has 0 bridgehead atoms. The number of nitrogens with one attached hydrogen (secondary N) is 1.